The maximum absolute atomic E-state index is 14.3. The average Bonchev–Trinajstić information content (AvgIpc) is 3.58. The number of hydrogen-bond acceptors (Lipinski definition) is 7. The molecular weight excluding hydrogens is 539 g/mol. The van der Waals surface area contributed by atoms with Crippen LogP contribution >= 0.6 is 11.6 Å². The van der Waals surface area contributed by atoms with Crippen molar-refractivity contribution in [1.29, 1.82) is 0 Å². The van der Waals surface area contributed by atoms with Gasteiger partial charge in [0.05, 0.1) is 65.2 Å². The van der Waals surface area contributed by atoms with Gasteiger partial charge in [0, 0.05) is 17.7 Å². The standard InChI is InChI=1S/C24H17ClF3N9O2/c1-13(38)29-11-19-15-4-2-3-5-16(15)20(12-30-19)36-21(24(26,27)28)17(10-34-36)23(39)35-14-8-18(25)22(31-9-14)37-32-6-7-33-37/h2-10,12H,11H2,1H3,(H,29,38)(H,35,39). The maximum Gasteiger partial charge on any atom is 0.434 e. The minimum absolute atomic E-state index is 0.00402. The number of fused-ring (bicyclic) bond motifs is 1. The first kappa shape index (κ1) is 25.8. The Labute approximate surface area is 222 Å². The van der Waals surface area contributed by atoms with E-state index in [1.54, 1.807) is 24.3 Å². The van der Waals surface area contributed by atoms with Gasteiger partial charge in [0.2, 0.25) is 5.91 Å². The number of nitrogens with zero attached hydrogens (tertiary/aromatic N) is 7. The second-order valence-electron chi connectivity index (χ2n) is 8.16. The van der Waals surface area contributed by atoms with Crippen molar-refractivity contribution in [2.24, 2.45) is 0 Å². The summed E-state index contributed by atoms with van der Waals surface area (Å²) in [7, 11) is 0. The van der Waals surface area contributed by atoms with E-state index in [1.165, 1.54) is 37.8 Å². The number of alkyl halides is 3. The number of halogens is 4. The summed E-state index contributed by atoms with van der Waals surface area (Å²) in [5, 5.41) is 17.7. The number of aromatic nitrogens is 7. The predicted molar refractivity (Wildman–Crippen MR) is 134 cm³/mol. The normalized spacial score (nSPS) is 11.5. The Hall–Kier alpha value is -4.85. The van der Waals surface area contributed by atoms with Crippen molar-refractivity contribution in [2.45, 2.75) is 19.6 Å². The van der Waals surface area contributed by atoms with Gasteiger partial charge in [-0.1, -0.05) is 35.9 Å². The number of amides is 2. The molecule has 5 rings (SSSR count). The molecule has 0 spiro atoms. The lowest BCUT2D eigenvalue weighted by atomic mass is 10.1. The Balaban J connectivity index is 1.52. The third kappa shape index (κ3) is 5.13. The Kier molecular flexibility index (Phi) is 6.70. The van der Waals surface area contributed by atoms with Gasteiger partial charge in [-0.05, 0) is 6.07 Å². The Morgan fingerprint density at radius 3 is 2.38 bits per heavy atom. The first-order valence-electron chi connectivity index (χ1n) is 11.2. The van der Waals surface area contributed by atoms with Crippen LogP contribution in [-0.4, -0.2) is 46.6 Å². The highest BCUT2D eigenvalue weighted by atomic mass is 35.5. The number of carbonyl (C=O) groups excluding carboxylic acids is 2. The van der Waals surface area contributed by atoms with E-state index in [2.05, 4.69) is 35.9 Å². The van der Waals surface area contributed by atoms with E-state index in [-0.39, 0.29) is 34.7 Å². The molecule has 0 aliphatic rings. The molecular formula is C24H17ClF3N9O2. The molecule has 5 aromatic rings. The molecule has 4 aromatic heterocycles. The number of nitrogens with one attached hydrogen (secondary N) is 2. The quantitative estimate of drug-likeness (QED) is 0.324. The van der Waals surface area contributed by atoms with Crippen LogP contribution in [0, 0.1) is 0 Å². The molecule has 0 unspecified atom stereocenters. The molecule has 0 atom stereocenters. The van der Waals surface area contributed by atoms with Crippen molar-refractivity contribution in [3.63, 3.8) is 0 Å². The molecule has 0 radical (unpaired) electrons. The van der Waals surface area contributed by atoms with Gasteiger partial charge in [-0.2, -0.15) is 28.5 Å². The molecule has 0 aliphatic carbocycles. The van der Waals surface area contributed by atoms with Gasteiger partial charge < -0.3 is 10.6 Å². The van der Waals surface area contributed by atoms with Crippen molar-refractivity contribution < 1.29 is 22.8 Å². The van der Waals surface area contributed by atoms with Crippen LogP contribution in [0.1, 0.15) is 28.7 Å². The van der Waals surface area contributed by atoms with E-state index in [0.717, 1.165) is 11.0 Å². The molecule has 0 fully saturated rings. The van der Waals surface area contributed by atoms with Gasteiger partial charge in [0.15, 0.2) is 11.5 Å². The maximum atomic E-state index is 14.3. The van der Waals surface area contributed by atoms with Crippen LogP contribution in [-0.2, 0) is 17.5 Å². The van der Waals surface area contributed by atoms with Gasteiger partial charge in [0.1, 0.15) is 0 Å². The van der Waals surface area contributed by atoms with Crippen LogP contribution < -0.4 is 10.6 Å². The highest BCUT2D eigenvalue weighted by molar-refractivity contribution is 6.32. The summed E-state index contributed by atoms with van der Waals surface area (Å²) in [5.41, 5.74) is -1.50. The summed E-state index contributed by atoms with van der Waals surface area (Å²) in [4.78, 5) is 33.8. The lowest BCUT2D eigenvalue weighted by molar-refractivity contribution is -0.143. The van der Waals surface area contributed by atoms with Gasteiger partial charge >= 0.3 is 6.18 Å². The van der Waals surface area contributed by atoms with E-state index < -0.39 is 23.3 Å². The zero-order valence-electron chi connectivity index (χ0n) is 19.9. The number of pyridine rings is 2. The summed E-state index contributed by atoms with van der Waals surface area (Å²) in [5.74, 6) is -1.18. The van der Waals surface area contributed by atoms with Crippen LogP contribution in [0.2, 0.25) is 5.02 Å². The van der Waals surface area contributed by atoms with E-state index in [4.69, 9.17) is 11.6 Å². The third-order valence-corrected chi connectivity index (χ3v) is 5.84. The van der Waals surface area contributed by atoms with Crippen LogP contribution in [0.3, 0.4) is 0 Å². The fraction of sp³-hybridized carbons (Fsp3) is 0.125. The molecule has 198 valence electrons. The molecule has 4 heterocycles. The second-order valence-corrected chi connectivity index (χ2v) is 8.57. The number of benzene rings is 1. The summed E-state index contributed by atoms with van der Waals surface area (Å²) in [6, 6.07) is 7.94. The Morgan fingerprint density at radius 1 is 1.00 bits per heavy atom. The molecule has 2 amide bonds. The van der Waals surface area contributed by atoms with Crippen molar-refractivity contribution in [3.8, 4) is 11.5 Å². The lowest BCUT2D eigenvalue weighted by Crippen LogP contribution is -2.22. The minimum Gasteiger partial charge on any atom is -0.351 e. The largest absolute Gasteiger partial charge is 0.434 e. The zero-order valence-corrected chi connectivity index (χ0v) is 20.7. The highest BCUT2D eigenvalue weighted by Crippen LogP contribution is 2.36. The monoisotopic (exact) mass is 555 g/mol. The summed E-state index contributed by atoms with van der Waals surface area (Å²) < 4.78 is 43.6. The fourth-order valence-electron chi connectivity index (χ4n) is 3.89. The third-order valence-electron chi connectivity index (χ3n) is 5.56. The van der Waals surface area contributed by atoms with Gasteiger partial charge in [-0.15, -0.1) is 4.80 Å². The number of rotatable bonds is 6. The highest BCUT2D eigenvalue weighted by Gasteiger charge is 2.41. The van der Waals surface area contributed by atoms with E-state index >= 15 is 0 Å². The molecule has 0 aliphatic heterocycles. The molecule has 0 saturated heterocycles. The minimum atomic E-state index is -4.95. The molecule has 1 aromatic carbocycles. The van der Waals surface area contributed by atoms with Crippen LogP contribution in [0.15, 0.2) is 61.3 Å². The fourth-order valence-corrected chi connectivity index (χ4v) is 4.14. The smallest absolute Gasteiger partial charge is 0.351 e. The van der Waals surface area contributed by atoms with Crippen LogP contribution in [0.4, 0.5) is 18.9 Å². The van der Waals surface area contributed by atoms with Crippen molar-refractivity contribution >= 4 is 39.9 Å². The molecule has 15 heteroatoms. The molecule has 0 bridgehead atoms. The SMILES string of the molecule is CC(=O)NCc1ncc(-n2ncc(C(=O)Nc3cnc(-n4nccn4)c(Cl)c3)c2C(F)(F)F)c2ccccc12. The molecule has 0 saturated carbocycles. The summed E-state index contributed by atoms with van der Waals surface area (Å²) in [6.07, 6.45) is 1.14. The topological polar surface area (TPSA) is 133 Å². The van der Waals surface area contributed by atoms with Gasteiger partial charge in [-0.3, -0.25) is 14.6 Å². The van der Waals surface area contributed by atoms with Crippen LogP contribution in [0.5, 0.6) is 0 Å². The second kappa shape index (κ2) is 10.1. The molecule has 39 heavy (non-hydrogen) atoms. The van der Waals surface area contributed by atoms with E-state index in [9.17, 15) is 22.8 Å². The lowest BCUT2D eigenvalue weighted by Gasteiger charge is -2.15. The van der Waals surface area contributed by atoms with Gasteiger partial charge in [0.25, 0.3) is 5.91 Å². The summed E-state index contributed by atoms with van der Waals surface area (Å²) in [6.45, 7) is 1.43. The van der Waals surface area contributed by atoms with Crippen LogP contribution in [0.25, 0.3) is 22.3 Å². The Bertz CT molecular complexity index is 1700. The first-order valence-corrected chi connectivity index (χ1v) is 11.6. The zero-order chi connectivity index (χ0) is 27.7. The first-order chi connectivity index (χ1) is 18.6. The predicted octanol–water partition coefficient (Wildman–Crippen LogP) is 3.96. The van der Waals surface area contributed by atoms with Gasteiger partial charge in [-0.25, -0.2) is 9.67 Å². The van der Waals surface area contributed by atoms with E-state index in [0.29, 0.717) is 21.1 Å². The summed E-state index contributed by atoms with van der Waals surface area (Å²) >= 11 is 6.21. The Morgan fingerprint density at radius 2 is 1.72 bits per heavy atom. The van der Waals surface area contributed by atoms with Crippen molar-refractivity contribution in [2.75, 3.05) is 5.32 Å². The van der Waals surface area contributed by atoms with E-state index in [1.807, 2.05) is 0 Å². The number of anilines is 1. The molecule has 2 N–H and O–H groups in total. The van der Waals surface area contributed by atoms with Crippen molar-refractivity contribution in [1.82, 2.24) is 40.1 Å². The molecule has 11 nitrogen and oxygen atoms in total. The van der Waals surface area contributed by atoms with Crippen molar-refractivity contribution in [3.05, 3.63) is 83.3 Å². The number of hydrogen-bond donors (Lipinski definition) is 2. The number of carbonyl (C=O) groups is 2. The average molecular weight is 556 g/mol.